The van der Waals surface area contributed by atoms with Crippen molar-refractivity contribution in [3.05, 3.63) is 29.8 Å². The van der Waals surface area contributed by atoms with E-state index < -0.39 is 23.2 Å². The fourth-order valence-electron chi connectivity index (χ4n) is 1.72. The predicted octanol–water partition coefficient (Wildman–Crippen LogP) is 2.60. The molecule has 0 aliphatic heterocycles. The number of halogens is 2. The van der Waals surface area contributed by atoms with E-state index >= 15 is 0 Å². The number of carbonyl (C=O) groups is 1. The van der Waals surface area contributed by atoms with Crippen LogP contribution in [0.3, 0.4) is 0 Å². The van der Waals surface area contributed by atoms with E-state index in [0.29, 0.717) is 6.07 Å². The summed E-state index contributed by atoms with van der Waals surface area (Å²) in [5.41, 5.74) is -1.45. The van der Waals surface area contributed by atoms with Gasteiger partial charge in [0.15, 0.2) is 11.6 Å². The number of hydrogen-bond acceptors (Lipinski definition) is 2. The number of ether oxygens (including phenoxy) is 1. The molecule has 1 aliphatic rings. The largest absolute Gasteiger partial charge is 0.478 e. The first-order chi connectivity index (χ1) is 7.93. The number of carboxylic acid groups (broad SMARTS) is 1. The van der Waals surface area contributed by atoms with E-state index in [0.717, 1.165) is 25.0 Å². The Kier molecular flexibility index (Phi) is 2.77. The van der Waals surface area contributed by atoms with Crippen molar-refractivity contribution in [2.75, 3.05) is 0 Å². The van der Waals surface area contributed by atoms with Gasteiger partial charge in [0, 0.05) is 12.0 Å². The molecule has 1 fully saturated rings. The van der Waals surface area contributed by atoms with Gasteiger partial charge in [0.05, 0.1) is 0 Å². The Bertz CT molecular complexity index is 457. The molecule has 1 aromatic rings. The molecule has 0 radical (unpaired) electrons. The zero-order valence-corrected chi connectivity index (χ0v) is 9.24. The standard InChI is InChI=1S/C12H12F2O3/c1-12(11(15)16,7-2-3-7)17-10-5-4-8(13)6-9(10)14/h4-7H,2-3H2,1H3,(H,15,16). The average molecular weight is 242 g/mol. The van der Waals surface area contributed by atoms with Crippen LogP contribution in [0.2, 0.25) is 0 Å². The Morgan fingerprint density at radius 2 is 2.12 bits per heavy atom. The third-order valence-corrected chi connectivity index (χ3v) is 3.00. The van der Waals surface area contributed by atoms with Crippen LogP contribution in [0.4, 0.5) is 8.78 Å². The lowest BCUT2D eigenvalue weighted by Gasteiger charge is -2.26. The van der Waals surface area contributed by atoms with Crippen LogP contribution in [-0.2, 0) is 4.79 Å². The third-order valence-electron chi connectivity index (χ3n) is 3.00. The van der Waals surface area contributed by atoms with Crippen LogP contribution in [0, 0.1) is 17.6 Å². The minimum Gasteiger partial charge on any atom is -0.478 e. The van der Waals surface area contributed by atoms with Crippen LogP contribution < -0.4 is 4.74 Å². The Morgan fingerprint density at radius 3 is 2.59 bits per heavy atom. The second-order valence-electron chi connectivity index (χ2n) is 4.36. The summed E-state index contributed by atoms with van der Waals surface area (Å²) in [4.78, 5) is 11.2. The van der Waals surface area contributed by atoms with E-state index in [-0.39, 0.29) is 11.7 Å². The summed E-state index contributed by atoms with van der Waals surface area (Å²) in [6.45, 7) is 1.41. The smallest absolute Gasteiger partial charge is 0.348 e. The lowest BCUT2D eigenvalue weighted by atomic mass is 10.0. The van der Waals surface area contributed by atoms with E-state index in [2.05, 4.69) is 0 Å². The summed E-state index contributed by atoms with van der Waals surface area (Å²) >= 11 is 0. The van der Waals surface area contributed by atoms with Crippen molar-refractivity contribution in [2.45, 2.75) is 25.4 Å². The molecule has 3 nitrogen and oxygen atoms in total. The van der Waals surface area contributed by atoms with Crippen LogP contribution in [0.25, 0.3) is 0 Å². The van der Waals surface area contributed by atoms with Gasteiger partial charge in [-0.15, -0.1) is 0 Å². The maximum absolute atomic E-state index is 13.4. The topological polar surface area (TPSA) is 46.5 Å². The molecule has 5 heteroatoms. The van der Waals surface area contributed by atoms with E-state index in [1.54, 1.807) is 0 Å². The van der Waals surface area contributed by atoms with E-state index in [9.17, 15) is 13.6 Å². The van der Waals surface area contributed by atoms with E-state index in [4.69, 9.17) is 9.84 Å². The summed E-state index contributed by atoms with van der Waals surface area (Å²) < 4.78 is 31.3. The number of aliphatic carboxylic acids is 1. The van der Waals surface area contributed by atoms with Crippen LogP contribution in [0.5, 0.6) is 5.75 Å². The van der Waals surface area contributed by atoms with Crippen molar-refractivity contribution in [3.8, 4) is 5.75 Å². The van der Waals surface area contributed by atoms with Crippen LogP contribution in [-0.4, -0.2) is 16.7 Å². The molecular weight excluding hydrogens is 230 g/mol. The van der Waals surface area contributed by atoms with Gasteiger partial charge >= 0.3 is 5.97 Å². The molecular formula is C12H12F2O3. The zero-order chi connectivity index (χ0) is 12.6. The fourth-order valence-corrected chi connectivity index (χ4v) is 1.72. The summed E-state index contributed by atoms with van der Waals surface area (Å²) in [7, 11) is 0. The van der Waals surface area contributed by atoms with Crippen molar-refractivity contribution in [1.82, 2.24) is 0 Å². The second-order valence-corrected chi connectivity index (χ2v) is 4.36. The molecule has 1 atom stereocenters. The third kappa shape index (κ3) is 2.23. The van der Waals surface area contributed by atoms with Crippen LogP contribution in [0.1, 0.15) is 19.8 Å². The highest BCUT2D eigenvalue weighted by atomic mass is 19.1. The van der Waals surface area contributed by atoms with Crippen molar-refractivity contribution < 1.29 is 23.4 Å². The lowest BCUT2D eigenvalue weighted by Crippen LogP contribution is -2.43. The van der Waals surface area contributed by atoms with Gasteiger partial charge < -0.3 is 9.84 Å². The highest BCUT2D eigenvalue weighted by Gasteiger charge is 2.50. The highest BCUT2D eigenvalue weighted by Crippen LogP contribution is 2.42. The molecule has 1 N–H and O–H groups in total. The van der Waals surface area contributed by atoms with E-state index in [1.807, 2.05) is 0 Å². The molecule has 0 aromatic heterocycles. The number of rotatable bonds is 4. The monoisotopic (exact) mass is 242 g/mol. The van der Waals surface area contributed by atoms with Gasteiger partial charge in [0.2, 0.25) is 5.60 Å². The first-order valence-corrected chi connectivity index (χ1v) is 5.31. The van der Waals surface area contributed by atoms with Gasteiger partial charge in [0.25, 0.3) is 0 Å². The first kappa shape index (κ1) is 11.8. The summed E-state index contributed by atoms with van der Waals surface area (Å²) in [6.07, 6.45) is 1.48. The number of hydrogen-bond donors (Lipinski definition) is 1. The van der Waals surface area contributed by atoms with Crippen molar-refractivity contribution in [1.29, 1.82) is 0 Å². The molecule has 17 heavy (non-hydrogen) atoms. The molecule has 0 saturated heterocycles. The number of benzene rings is 1. The average Bonchev–Trinajstić information content (AvgIpc) is 3.05. The van der Waals surface area contributed by atoms with Crippen molar-refractivity contribution >= 4 is 5.97 Å². The van der Waals surface area contributed by atoms with E-state index in [1.165, 1.54) is 6.92 Å². The van der Waals surface area contributed by atoms with Crippen LogP contribution in [0.15, 0.2) is 18.2 Å². The fraction of sp³-hybridized carbons (Fsp3) is 0.417. The minimum absolute atomic E-state index is 0.121. The SMILES string of the molecule is CC(Oc1ccc(F)cc1F)(C(=O)O)C1CC1. The molecule has 2 rings (SSSR count). The molecule has 0 bridgehead atoms. The summed E-state index contributed by atoms with van der Waals surface area (Å²) in [5, 5.41) is 9.13. The van der Waals surface area contributed by atoms with Gasteiger partial charge in [-0.1, -0.05) is 0 Å². The Balaban J connectivity index is 2.26. The Labute approximate surface area is 97.0 Å². The quantitative estimate of drug-likeness (QED) is 0.882. The molecule has 0 heterocycles. The molecule has 1 aliphatic carbocycles. The first-order valence-electron chi connectivity index (χ1n) is 5.31. The molecule has 1 unspecified atom stereocenters. The van der Waals surface area contributed by atoms with Gasteiger partial charge in [0.1, 0.15) is 5.82 Å². The minimum atomic E-state index is -1.45. The molecule has 1 aromatic carbocycles. The van der Waals surface area contributed by atoms with Gasteiger partial charge in [-0.25, -0.2) is 13.6 Å². The van der Waals surface area contributed by atoms with Crippen LogP contribution >= 0.6 is 0 Å². The van der Waals surface area contributed by atoms with Crippen molar-refractivity contribution in [3.63, 3.8) is 0 Å². The van der Waals surface area contributed by atoms with Gasteiger partial charge in [-0.05, 0) is 31.9 Å². The molecule has 1 saturated carbocycles. The molecule has 0 spiro atoms. The van der Waals surface area contributed by atoms with Gasteiger partial charge in [-0.2, -0.15) is 0 Å². The molecule has 0 amide bonds. The van der Waals surface area contributed by atoms with Gasteiger partial charge in [-0.3, -0.25) is 0 Å². The Hall–Kier alpha value is -1.65. The summed E-state index contributed by atoms with van der Waals surface area (Å²) in [6, 6.07) is 2.81. The maximum Gasteiger partial charge on any atom is 0.348 e. The number of carboxylic acids is 1. The second kappa shape index (κ2) is 3.98. The zero-order valence-electron chi connectivity index (χ0n) is 9.24. The van der Waals surface area contributed by atoms with Crippen molar-refractivity contribution in [2.24, 2.45) is 5.92 Å². The lowest BCUT2D eigenvalue weighted by molar-refractivity contribution is -0.155. The summed E-state index contributed by atoms with van der Waals surface area (Å²) in [5.74, 6) is -3.10. The highest BCUT2D eigenvalue weighted by molar-refractivity contribution is 5.78. The molecule has 92 valence electrons. The normalized spacial score (nSPS) is 18.5. The maximum atomic E-state index is 13.4. The Morgan fingerprint density at radius 1 is 1.47 bits per heavy atom. The predicted molar refractivity (Wildman–Crippen MR) is 55.8 cm³/mol.